The number of pyridine rings is 1. The monoisotopic (exact) mass is 310 g/mol. The van der Waals surface area contributed by atoms with E-state index in [0.717, 1.165) is 18.0 Å². The van der Waals surface area contributed by atoms with E-state index in [9.17, 15) is 0 Å². The first-order valence-corrected chi connectivity index (χ1v) is 6.96. The first-order valence-electron chi connectivity index (χ1n) is 6.21. The third-order valence-corrected chi connectivity index (χ3v) is 3.47. The summed E-state index contributed by atoms with van der Waals surface area (Å²) in [5, 5.41) is 1.10. The minimum atomic E-state index is 0.460. The zero-order chi connectivity index (χ0) is 14.5. The average Bonchev–Trinajstić information content (AvgIpc) is 2.43. The summed E-state index contributed by atoms with van der Waals surface area (Å²) in [4.78, 5) is 6.38. The van der Waals surface area contributed by atoms with Crippen molar-refractivity contribution < 1.29 is 4.74 Å². The molecule has 0 unspecified atom stereocenters. The van der Waals surface area contributed by atoms with Crippen LogP contribution in [0.1, 0.15) is 11.3 Å². The number of benzene rings is 1. The molecule has 106 valence electrons. The van der Waals surface area contributed by atoms with Crippen LogP contribution in [0.15, 0.2) is 36.4 Å². The van der Waals surface area contributed by atoms with Gasteiger partial charge < -0.3 is 4.74 Å². The van der Waals surface area contributed by atoms with E-state index in [1.165, 1.54) is 5.56 Å². The third kappa shape index (κ3) is 4.10. The Morgan fingerprint density at radius 2 is 1.75 bits per heavy atom. The van der Waals surface area contributed by atoms with E-state index in [4.69, 9.17) is 27.9 Å². The highest BCUT2D eigenvalue weighted by Crippen LogP contribution is 2.19. The molecule has 0 radical (unpaired) electrons. The van der Waals surface area contributed by atoms with Gasteiger partial charge in [0.1, 0.15) is 10.9 Å². The number of methoxy groups -OCH3 is 1. The number of hydrogen-bond acceptors (Lipinski definition) is 3. The van der Waals surface area contributed by atoms with Crippen molar-refractivity contribution in [3.05, 3.63) is 57.8 Å². The molecule has 0 spiro atoms. The predicted octanol–water partition coefficient (Wildman–Crippen LogP) is 4.03. The maximum Gasteiger partial charge on any atom is 0.129 e. The summed E-state index contributed by atoms with van der Waals surface area (Å²) >= 11 is 12.0. The summed E-state index contributed by atoms with van der Waals surface area (Å²) in [5.41, 5.74) is 1.99. The SMILES string of the molecule is COc1ccc(CN(C)Cc2nc(Cl)ccc2Cl)cc1. The van der Waals surface area contributed by atoms with Gasteiger partial charge >= 0.3 is 0 Å². The lowest BCUT2D eigenvalue weighted by molar-refractivity contribution is 0.315. The molecule has 2 rings (SSSR count). The maximum absolute atomic E-state index is 6.12. The zero-order valence-corrected chi connectivity index (χ0v) is 12.9. The lowest BCUT2D eigenvalue weighted by atomic mass is 10.2. The van der Waals surface area contributed by atoms with Gasteiger partial charge in [-0.15, -0.1) is 0 Å². The third-order valence-electron chi connectivity index (χ3n) is 2.92. The zero-order valence-electron chi connectivity index (χ0n) is 11.4. The van der Waals surface area contributed by atoms with Crippen LogP contribution in [0, 0.1) is 0 Å². The number of rotatable bonds is 5. The van der Waals surface area contributed by atoms with Gasteiger partial charge in [0.2, 0.25) is 0 Å². The largest absolute Gasteiger partial charge is 0.497 e. The number of nitrogens with zero attached hydrogens (tertiary/aromatic N) is 2. The maximum atomic E-state index is 6.12. The molecule has 1 heterocycles. The normalized spacial score (nSPS) is 10.8. The van der Waals surface area contributed by atoms with E-state index in [2.05, 4.69) is 9.88 Å². The molecule has 1 aromatic carbocycles. The smallest absolute Gasteiger partial charge is 0.129 e. The highest BCUT2D eigenvalue weighted by molar-refractivity contribution is 6.32. The van der Waals surface area contributed by atoms with Crippen LogP contribution in [0.2, 0.25) is 10.2 Å². The molecule has 0 fully saturated rings. The van der Waals surface area contributed by atoms with Crippen LogP contribution >= 0.6 is 23.2 Å². The van der Waals surface area contributed by atoms with Gasteiger partial charge in [-0.3, -0.25) is 4.90 Å². The van der Waals surface area contributed by atoms with E-state index < -0.39 is 0 Å². The Bertz CT molecular complexity index is 573. The molecule has 0 amide bonds. The topological polar surface area (TPSA) is 25.4 Å². The lowest BCUT2D eigenvalue weighted by Crippen LogP contribution is -2.18. The molecule has 2 aromatic rings. The molecule has 0 aliphatic heterocycles. The second-order valence-corrected chi connectivity index (χ2v) is 5.38. The van der Waals surface area contributed by atoms with Crippen molar-refractivity contribution in [1.29, 1.82) is 0 Å². The Balaban J connectivity index is 2.00. The standard InChI is InChI=1S/C15H16Cl2N2O/c1-19(9-11-3-5-12(20-2)6-4-11)10-14-13(16)7-8-15(17)18-14/h3-8H,9-10H2,1-2H3. The van der Waals surface area contributed by atoms with Crippen molar-refractivity contribution in [2.75, 3.05) is 14.2 Å². The molecule has 20 heavy (non-hydrogen) atoms. The molecule has 0 saturated carbocycles. The molecule has 5 heteroatoms. The minimum absolute atomic E-state index is 0.460. The van der Waals surface area contributed by atoms with E-state index in [0.29, 0.717) is 16.7 Å². The molecule has 0 saturated heterocycles. The summed E-state index contributed by atoms with van der Waals surface area (Å²) in [7, 11) is 3.68. The first-order chi connectivity index (χ1) is 9.58. The molecule has 0 N–H and O–H groups in total. The van der Waals surface area contributed by atoms with E-state index in [-0.39, 0.29) is 0 Å². The van der Waals surface area contributed by atoms with Gasteiger partial charge in [0.05, 0.1) is 17.8 Å². The quantitative estimate of drug-likeness (QED) is 0.780. The molecule has 0 aliphatic rings. The highest BCUT2D eigenvalue weighted by Gasteiger charge is 2.07. The van der Waals surface area contributed by atoms with Gasteiger partial charge in [-0.1, -0.05) is 35.3 Å². The van der Waals surface area contributed by atoms with Crippen LogP contribution in [-0.4, -0.2) is 24.0 Å². The van der Waals surface area contributed by atoms with E-state index in [1.54, 1.807) is 19.2 Å². The van der Waals surface area contributed by atoms with Crippen molar-refractivity contribution in [2.24, 2.45) is 0 Å². The van der Waals surface area contributed by atoms with Gasteiger partial charge in [0.15, 0.2) is 0 Å². The van der Waals surface area contributed by atoms with E-state index >= 15 is 0 Å². The molecule has 1 aromatic heterocycles. The Kier molecular flexibility index (Phi) is 5.24. The number of ether oxygens (including phenoxy) is 1. The fourth-order valence-electron chi connectivity index (χ4n) is 1.92. The molecule has 3 nitrogen and oxygen atoms in total. The van der Waals surface area contributed by atoms with Crippen molar-refractivity contribution in [3.8, 4) is 5.75 Å². The van der Waals surface area contributed by atoms with Crippen LogP contribution in [0.25, 0.3) is 0 Å². The Morgan fingerprint density at radius 1 is 1.05 bits per heavy atom. The highest BCUT2D eigenvalue weighted by atomic mass is 35.5. The van der Waals surface area contributed by atoms with Crippen molar-refractivity contribution in [3.63, 3.8) is 0 Å². The van der Waals surface area contributed by atoms with Gasteiger partial charge in [-0.05, 0) is 36.9 Å². The average molecular weight is 311 g/mol. The summed E-state index contributed by atoms with van der Waals surface area (Å²) in [6.45, 7) is 1.44. The molecular weight excluding hydrogens is 295 g/mol. The van der Waals surface area contributed by atoms with Crippen LogP contribution in [0.5, 0.6) is 5.75 Å². The molecule has 0 aliphatic carbocycles. The molecule has 0 bridgehead atoms. The Hall–Kier alpha value is -1.29. The summed E-state index contributed by atoms with van der Waals surface area (Å²) in [5.74, 6) is 0.857. The second-order valence-electron chi connectivity index (χ2n) is 4.58. The van der Waals surface area contributed by atoms with Gasteiger partial charge in [0.25, 0.3) is 0 Å². The first kappa shape index (κ1) is 15.1. The van der Waals surface area contributed by atoms with Crippen LogP contribution in [0.3, 0.4) is 0 Å². The van der Waals surface area contributed by atoms with Crippen molar-refractivity contribution >= 4 is 23.2 Å². The van der Waals surface area contributed by atoms with Crippen LogP contribution < -0.4 is 4.74 Å². The summed E-state index contributed by atoms with van der Waals surface area (Å²) in [6.07, 6.45) is 0. The van der Waals surface area contributed by atoms with Gasteiger partial charge in [-0.25, -0.2) is 4.98 Å². The lowest BCUT2D eigenvalue weighted by Gasteiger charge is -2.17. The summed E-state index contributed by atoms with van der Waals surface area (Å²) < 4.78 is 5.14. The Morgan fingerprint density at radius 3 is 2.40 bits per heavy atom. The van der Waals surface area contributed by atoms with Gasteiger partial charge in [0, 0.05) is 13.1 Å². The second kappa shape index (κ2) is 6.93. The van der Waals surface area contributed by atoms with Gasteiger partial charge in [-0.2, -0.15) is 0 Å². The Labute approximate surface area is 129 Å². The van der Waals surface area contributed by atoms with Crippen molar-refractivity contribution in [1.82, 2.24) is 9.88 Å². The summed E-state index contributed by atoms with van der Waals surface area (Å²) in [6, 6.07) is 11.5. The number of hydrogen-bond donors (Lipinski definition) is 0. The molecular formula is C15H16Cl2N2O. The van der Waals surface area contributed by atoms with E-state index in [1.807, 2.05) is 31.3 Å². The fourth-order valence-corrected chi connectivity index (χ4v) is 2.25. The van der Waals surface area contributed by atoms with Crippen LogP contribution in [0.4, 0.5) is 0 Å². The molecule has 0 atom stereocenters. The van der Waals surface area contributed by atoms with Crippen LogP contribution in [-0.2, 0) is 13.1 Å². The predicted molar refractivity (Wildman–Crippen MR) is 82.4 cm³/mol. The van der Waals surface area contributed by atoms with Crippen molar-refractivity contribution in [2.45, 2.75) is 13.1 Å². The number of aromatic nitrogens is 1. The number of halogens is 2. The fraction of sp³-hybridized carbons (Fsp3) is 0.267. The minimum Gasteiger partial charge on any atom is -0.497 e.